The van der Waals surface area contributed by atoms with E-state index in [1.54, 1.807) is 31.4 Å². The molecule has 0 bridgehead atoms. The van der Waals surface area contributed by atoms with Gasteiger partial charge in [-0.15, -0.1) is 0 Å². The van der Waals surface area contributed by atoms with Crippen molar-refractivity contribution in [2.45, 2.75) is 25.9 Å². The number of likely N-dealkylation sites (tertiary alicyclic amines) is 1. The van der Waals surface area contributed by atoms with Crippen molar-refractivity contribution < 1.29 is 19.1 Å². The molecule has 0 atom stereocenters. The van der Waals surface area contributed by atoms with E-state index in [1.165, 1.54) is 12.6 Å². The predicted molar refractivity (Wildman–Crippen MR) is 140 cm³/mol. The molecule has 8 nitrogen and oxygen atoms in total. The number of hydrazone groups is 1. The first kappa shape index (κ1) is 24.8. The second-order valence-corrected chi connectivity index (χ2v) is 8.44. The third-order valence-corrected chi connectivity index (χ3v) is 5.84. The van der Waals surface area contributed by atoms with Crippen LogP contribution in [0.1, 0.15) is 40.7 Å². The summed E-state index contributed by atoms with van der Waals surface area (Å²) in [5, 5.41) is 6.67. The van der Waals surface area contributed by atoms with Crippen molar-refractivity contribution in [3.63, 3.8) is 0 Å². The molecule has 36 heavy (non-hydrogen) atoms. The number of benzene rings is 3. The van der Waals surface area contributed by atoms with Crippen LogP contribution in [0.3, 0.4) is 0 Å². The van der Waals surface area contributed by atoms with E-state index >= 15 is 0 Å². The van der Waals surface area contributed by atoms with Crippen LogP contribution in [0.2, 0.25) is 0 Å². The number of hydrogen-bond acceptors (Lipinski definition) is 5. The van der Waals surface area contributed by atoms with Crippen LogP contribution in [-0.4, -0.2) is 43.3 Å². The van der Waals surface area contributed by atoms with Crippen LogP contribution in [0.4, 0.5) is 10.5 Å². The fourth-order valence-electron chi connectivity index (χ4n) is 3.91. The summed E-state index contributed by atoms with van der Waals surface area (Å²) in [6.07, 6.45) is 4.86. The number of hydrogen-bond donors (Lipinski definition) is 2. The smallest absolute Gasteiger partial charge is 0.339 e. The quantitative estimate of drug-likeness (QED) is 0.344. The molecule has 2 N–H and O–H groups in total. The highest BCUT2D eigenvalue weighted by Crippen LogP contribution is 2.28. The second kappa shape index (κ2) is 12.4. The maximum Gasteiger partial charge on any atom is 0.339 e. The van der Waals surface area contributed by atoms with Crippen molar-refractivity contribution >= 4 is 23.8 Å². The SMILES string of the molecule is COc1cc(C=NNC(=O)Nc2ccccc2)ccc1OCc1ccc(C(=O)N2CCCCC2)cc1. The molecule has 1 fully saturated rings. The summed E-state index contributed by atoms with van der Waals surface area (Å²) in [4.78, 5) is 26.5. The van der Waals surface area contributed by atoms with E-state index in [0.717, 1.165) is 37.1 Å². The number of carbonyl (C=O) groups excluding carboxylic acids is 2. The van der Waals surface area contributed by atoms with Gasteiger partial charge < -0.3 is 19.7 Å². The van der Waals surface area contributed by atoms with Crippen molar-refractivity contribution in [1.29, 1.82) is 0 Å². The van der Waals surface area contributed by atoms with Gasteiger partial charge in [0.25, 0.3) is 5.91 Å². The molecule has 1 aliphatic rings. The van der Waals surface area contributed by atoms with Gasteiger partial charge in [-0.2, -0.15) is 5.10 Å². The lowest BCUT2D eigenvalue weighted by Gasteiger charge is -2.26. The molecule has 1 aliphatic heterocycles. The lowest BCUT2D eigenvalue weighted by molar-refractivity contribution is 0.0724. The number of para-hydroxylation sites is 1. The highest BCUT2D eigenvalue weighted by molar-refractivity contribution is 5.94. The van der Waals surface area contributed by atoms with Crippen LogP contribution in [-0.2, 0) is 6.61 Å². The van der Waals surface area contributed by atoms with Crippen LogP contribution in [0.25, 0.3) is 0 Å². The van der Waals surface area contributed by atoms with Gasteiger partial charge in [0.05, 0.1) is 13.3 Å². The first-order valence-electron chi connectivity index (χ1n) is 12.0. The number of anilines is 1. The van der Waals surface area contributed by atoms with Crippen molar-refractivity contribution in [2.24, 2.45) is 5.10 Å². The van der Waals surface area contributed by atoms with Crippen LogP contribution in [0.5, 0.6) is 11.5 Å². The Balaban J connectivity index is 1.30. The number of amides is 3. The van der Waals surface area contributed by atoms with Crippen LogP contribution < -0.4 is 20.2 Å². The van der Waals surface area contributed by atoms with Gasteiger partial charge in [-0.1, -0.05) is 30.3 Å². The van der Waals surface area contributed by atoms with Gasteiger partial charge in [-0.05, 0) is 72.9 Å². The third-order valence-electron chi connectivity index (χ3n) is 5.84. The topological polar surface area (TPSA) is 92.3 Å². The summed E-state index contributed by atoms with van der Waals surface area (Å²) < 4.78 is 11.4. The van der Waals surface area contributed by atoms with Crippen molar-refractivity contribution in [3.8, 4) is 11.5 Å². The average Bonchev–Trinajstić information content (AvgIpc) is 2.93. The fourth-order valence-corrected chi connectivity index (χ4v) is 3.91. The van der Waals surface area contributed by atoms with Crippen LogP contribution in [0.15, 0.2) is 77.9 Å². The standard InChI is InChI=1S/C28H30N4O4/c1-35-26-18-22(19-29-31-28(34)30-24-8-4-2-5-9-24)12-15-25(26)36-20-21-10-13-23(14-11-21)27(33)32-16-6-3-7-17-32/h2,4-5,8-15,18-19H,3,6-7,16-17,20H2,1H3,(H2,30,31,34). The van der Waals surface area contributed by atoms with E-state index in [-0.39, 0.29) is 5.91 Å². The monoisotopic (exact) mass is 486 g/mol. The Hall–Kier alpha value is -4.33. The molecule has 1 saturated heterocycles. The summed E-state index contributed by atoms with van der Waals surface area (Å²) in [6, 6.07) is 21.6. The van der Waals surface area contributed by atoms with Gasteiger partial charge >= 0.3 is 6.03 Å². The number of methoxy groups -OCH3 is 1. The molecule has 3 aromatic carbocycles. The molecule has 4 rings (SSSR count). The first-order chi connectivity index (χ1) is 17.6. The molecular formula is C28H30N4O4. The number of carbonyl (C=O) groups is 2. The number of urea groups is 1. The Bertz CT molecular complexity index is 1190. The Labute approximate surface area is 210 Å². The summed E-state index contributed by atoms with van der Waals surface area (Å²) in [5.41, 5.74) is 5.50. The highest BCUT2D eigenvalue weighted by atomic mass is 16.5. The van der Waals surface area contributed by atoms with E-state index in [2.05, 4.69) is 15.8 Å². The number of nitrogens with zero attached hydrogens (tertiary/aromatic N) is 2. The van der Waals surface area contributed by atoms with Gasteiger partial charge in [-0.25, -0.2) is 10.2 Å². The highest BCUT2D eigenvalue weighted by Gasteiger charge is 2.18. The van der Waals surface area contributed by atoms with Gasteiger partial charge in [0.15, 0.2) is 11.5 Å². The Morgan fingerprint density at radius 2 is 1.69 bits per heavy atom. The van der Waals surface area contributed by atoms with Gasteiger partial charge in [-0.3, -0.25) is 4.79 Å². The molecule has 0 spiro atoms. The van der Waals surface area contributed by atoms with Gasteiger partial charge in [0.1, 0.15) is 6.61 Å². The van der Waals surface area contributed by atoms with Crippen molar-refractivity contribution in [1.82, 2.24) is 10.3 Å². The minimum Gasteiger partial charge on any atom is -0.493 e. The summed E-state index contributed by atoms with van der Waals surface area (Å²) in [7, 11) is 1.57. The summed E-state index contributed by atoms with van der Waals surface area (Å²) in [6.45, 7) is 2.01. The minimum atomic E-state index is -0.437. The normalized spacial score (nSPS) is 13.3. The first-order valence-corrected chi connectivity index (χ1v) is 12.0. The molecule has 0 saturated carbocycles. The second-order valence-electron chi connectivity index (χ2n) is 8.44. The lowest BCUT2D eigenvalue weighted by Crippen LogP contribution is -2.35. The molecule has 0 radical (unpaired) electrons. The largest absolute Gasteiger partial charge is 0.493 e. The van der Waals surface area contributed by atoms with Gasteiger partial charge in [0, 0.05) is 24.3 Å². The Morgan fingerprint density at radius 3 is 2.42 bits per heavy atom. The molecule has 0 aromatic heterocycles. The predicted octanol–water partition coefficient (Wildman–Crippen LogP) is 5.06. The molecule has 0 unspecified atom stereocenters. The van der Waals surface area contributed by atoms with E-state index in [1.807, 2.05) is 53.4 Å². The maximum atomic E-state index is 12.6. The molecule has 1 heterocycles. The van der Waals surface area contributed by atoms with Crippen molar-refractivity contribution in [2.75, 3.05) is 25.5 Å². The summed E-state index contributed by atoms with van der Waals surface area (Å²) in [5.74, 6) is 1.22. The number of piperidine rings is 1. The van der Waals surface area contributed by atoms with E-state index in [4.69, 9.17) is 9.47 Å². The Morgan fingerprint density at radius 1 is 0.944 bits per heavy atom. The van der Waals surface area contributed by atoms with E-state index < -0.39 is 6.03 Å². The number of rotatable bonds is 8. The van der Waals surface area contributed by atoms with Crippen LogP contribution >= 0.6 is 0 Å². The molecular weight excluding hydrogens is 456 g/mol. The molecule has 0 aliphatic carbocycles. The molecule has 8 heteroatoms. The van der Waals surface area contributed by atoms with Crippen molar-refractivity contribution in [3.05, 3.63) is 89.5 Å². The van der Waals surface area contributed by atoms with Crippen LogP contribution in [0, 0.1) is 0 Å². The number of ether oxygens (including phenoxy) is 2. The average molecular weight is 487 g/mol. The molecule has 3 amide bonds. The lowest BCUT2D eigenvalue weighted by atomic mass is 10.1. The molecule has 3 aromatic rings. The maximum absolute atomic E-state index is 12.6. The Kier molecular flexibility index (Phi) is 8.53. The molecule has 186 valence electrons. The van der Waals surface area contributed by atoms with E-state index in [9.17, 15) is 9.59 Å². The third kappa shape index (κ3) is 6.85. The number of nitrogens with one attached hydrogen (secondary N) is 2. The zero-order valence-corrected chi connectivity index (χ0v) is 20.3. The summed E-state index contributed by atoms with van der Waals surface area (Å²) >= 11 is 0. The minimum absolute atomic E-state index is 0.0909. The zero-order chi connectivity index (χ0) is 25.2. The van der Waals surface area contributed by atoms with Gasteiger partial charge in [0.2, 0.25) is 0 Å². The fraction of sp³-hybridized carbons (Fsp3) is 0.250. The zero-order valence-electron chi connectivity index (χ0n) is 20.3. The van der Waals surface area contributed by atoms with E-state index in [0.29, 0.717) is 29.4 Å².